The predicted octanol–water partition coefficient (Wildman–Crippen LogP) is 0.407. The van der Waals surface area contributed by atoms with Gasteiger partial charge in [0.05, 0.1) is 0 Å². The van der Waals surface area contributed by atoms with E-state index in [0.717, 1.165) is 5.57 Å². The van der Waals surface area contributed by atoms with E-state index in [-0.39, 0.29) is 0 Å². The smallest absolute Gasteiger partial charge is 0.199 e. The minimum Gasteiger partial charge on any atom is -0.382 e. The minimum atomic E-state index is -1.51. The Kier molecular flexibility index (Phi) is 1.89. The van der Waals surface area contributed by atoms with Gasteiger partial charge in [0, 0.05) is 6.42 Å². The summed E-state index contributed by atoms with van der Waals surface area (Å²) in [7, 11) is 0. The molecule has 2 atom stereocenters. The molecular weight excluding hydrogens is 156 g/mol. The Hall–Kier alpha value is -0.670. The van der Waals surface area contributed by atoms with Gasteiger partial charge in [0.15, 0.2) is 5.78 Å². The third-order valence-corrected chi connectivity index (χ3v) is 2.10. The van der Waals surface area contributed by atoms with E-state index in [1.807, 2.05) is 0 Å². The van der Waals surface area contributed by atoms with Crippen LogP contribution in [0.2, 0.25) is 0 Å². The van der Waals surface area contributed by atoms with E-state index in [9.17, 15) is 15.0 Å². The normalized spacial score (nSPS) is 42.8. The van der Waals surface area contributed by atoms with Gasteiger partial charge in [0.1, 0.15) is 11.2 Å². The molecule has 1 aliphatic rings. The highest BCUT2D eigenvalue weighted by Crippen LogP contribution is 2.30. The van der Waals surface area contributed by atoms with E-state index >= 15 is 0 Å². The Morgan fingerprint density at radius 3 is 2.33 bits per heavy atom. The van der Waals surface area contributed by atoms with Crippen LogP contribution in [0.1, 0.15) is 27.2 Å². The lowest BCUT2D eigenvalue weighted by atomic mass is 9.77. The second-order valence-corrected chi connectivity index (χ2v) is 3.92. The zero-order valence-corrected chi connectivity index (χ0v) is 7.59. The van der Waals surface area contributed by atoms with Gasteiger partial charge in [-0.3, -0.25) is 4.79 Å². The molecule has 0 aromatic rings. The summed E-state index contributed by atoms with van der Waals surface area (Å²) in [5, 5.41) is 19.2. The topological polar surface area (TPSA) is 57.5 Å². The van der Waals surface area contributed by atoms with Crippen LogP contribution in [0.4, 0.5) is 0 Å². The van der Waals surface area contributed by atoms with Crippen LogP contribution in [-0.4, -0.2) is 27.2 Å². The molecule has 12 heavy (non-hydrogen) atoms. The van der Waals surface area contributed by atoms with E-state index in [0.29, 0.717) is 6.42 Å². The third-order valence-electron chi connectivity index (χ3n) is 2.10. The molecule has 0 fully saturated rings. The molecule has 0 saturated carbocycles. The summed E-state index contributed by atoms with van der Waals surface area (Å²) in [6.45, 7) is 4.61. The van der Waals surface area contributed by atoms with Crippen LogP contribution < -0.4 is 0 Å². The van der Waals surface area contributed by atoms with Crippen LogP contribution >= 0.6 is 0 Å². The van der Waals surface area contributed by atoms with Crippen LogP contribution in [0.3, 0.4) is 0 Å². The van der Waals surface area contributed by atoms with Gasteiger partial charge in [-0.2, -0.15) is 0 Å². The summed E-state index contributed by atoms with van der Waals surface area (Å²) in [6, 6.07) is 0. The average Bonchev–Trinajstić information content (AvgIpc) is 1.80. The number of hydrogen-bond acceptors (Lipinski definition) is 3. The summed E-state index contributed by atoms with van der Waals surface area (Å²) in [5.41, 5.74) is -2.08. The molecule has 0 aliphatic heterocycles. The zero-order valence-electron chi connectivity index (χ0n) is 7.59. The van der Waals surface area contributed by atoms with Crippen LogP contribution in [0.15, 0.2) is 11.6 Å². The van der Waals surface area contributed by atoms with E-state index < -0.39 is 17.0 Å². The molecule has 0 bridgehead atoms. The molecule has 1 aliphatic carbocycles. The fourth-order valence-corrected chi connectivity index (χ4v) is 1.76. The largest absolute Gasteiger partial charge is 0.382 e. The Morgan fingerprint density at radius 1 is 1.42 bits per heavy atom. The lowest BCUT2D eigenvalue weighted by Crippen LogP contribution is -2.51. The maximum atomic E-state index is 11.4. The number of aliphatic hydroxyl groups is 2. The standard InChI is InChI=1S/C9H14O3/c1-6-4-8(2,11)7(10)9(3,12)5-6/h4,11-12H,5H2,1-3H3. The fraction of sp³-hybridized carbons (Fsp3) is 0.667. The third kappa shape index (κ3) is 1.42. The van der Waals surface area contributed by atoms with Gasteiger partial charge < -0.3 is 10.2 Å². The first kappa shape index (κ1) is 9.42. The molecule has 3 nitrogen and oxygen atoms in total. The summed E-state index contributed by atoms with van der Waals surface area (Å²) >= 11 is 0. The van der Waals surface area contributed by atoms with E-state index in [1.165, 1.54) is 19.9 Å². The van der Waals surface area contributed by atoms with E-state index in [1.54, 1.807) is 6.92 Å². The molecule has 2 N–H and O–H groups in total. The van der Waals surface area contributed by atoms with Crippen molar-refractivity contribution >= 4 is 5.78 Å². The van der Waals surface area contributed by atoms with Crippen molar-refractivity contribution in [2.24, 2.45) is 0 Å². The molecule has 1 rings (SSSR count). The summed E-state index contributed by atoms with van der Waals surface area (Å²) < 4.78 is 0. The Balaban J connectivity index is 3.11. The molecule has 0 heterocycles. The van der Waals surface area contributed by atoms with E-state index in [2.05, 4.69) is 0 Å². The van der Waals surface area contributed by atoms with Crippen LogP contribution in [0.5, 0.6) is 0 Å². The minimum absolute atomic E-state index is 0.308. The molecule has 0 aromatic carbocycles. The molecule has 2 unspecified atom stereocenters. The van der Waals surface area contributed by atoms with Crippen molar-refractivity contribution < 1.29 is 15.0 Å². The first-order valence-corrected chi connectivity index (χ1v) is 3.94. The highest BCUT2D eigenvalue weighted by molar-refractivity contribution is 5.96. The zero-order chi connectivity index (χ0) is 9.57. The second kappa shape index (κ2) is 2.41. The van der Waals surface area contributed by atoms with Gasteiger partial charge in [-0.1, -0.05) is 5.57 Å². The predicted molar refractivity (Wildman–Crippen MR) is 44.6 cm³/mol. The van der Waals surface area contributed by atoms with Gasteiger partial charge in [-0.25, -0.2) is 0 Å². The molecule has 0 aromatic heterocycles. The highest BCUT2D eigenvalue weighted by Gasteiger charge is 2.44. The number of carbonyl (C=O) groups is 1. The van der Waals surface area contributed by atoms with Crippen LogP contribution in [-0.2, 0) is 4.79 Å². The van der Waals surface area contributed by atoms with Gasteiger partial charge >= 0.3 is 0 Å². The Bertz CT molecular complexity index is 248. The van der Waals surface area contributed by atoms with Crippen molar-refractivity contribution in [3.63, 3.8) is 0 Å². The molecule has 0 spiro atoms. The second-order valence-electron chi connectivity index (χ2n) is 3.92. The van der Waals surface area contributed by atoms with Crippen molar-refractivity contribution in [2.75, 3.05) is 0 Å². The molecule has 0 saturated heterocycles. The summed E-state index contributed by atoms with van der Waals surface area (Å²) in [6.07, 6.45) is 1.80. The highest BCUT2D eigenvalue weighted by atomic mass is 16.3. The van der Waals surface area contributed by atoms with Gasteiger partial charge in [-0.15, -0.1) is 0 Å². The maximum Gasteiger partial charge on any atom is 0.199 e. The van der Waals surface area contributed by atoms with Crippen molar-refractivity contribution in [1.29, 1.82) is 0 Å². The lowest BCUT2D eigenvalue weighted by Gasteiger charge is -2.34. The number of rotatable bonds is 0. The summed E-state index contributed by atoms with van der Waals surface area (Å²) in [4.78, 5) is 11.4. The van der Waals surface area contributed by atoms with Crippen molar-refractivity contribution in [2.45, 2.75) is 38.4 Å². The van der Waals surface area contributed by atoms with Crippen molar-refractivity contribution in [3.8, 4) is 0 Å². The van der Waals surface area contributed by atoms with Crippen LogP contribution in [0.25, 0.3) is 0 Å². The van der Waals surface area contributed by atoms with Crippen molar-refractivity contribution in [1.82, 2.24) is 0 Å². The van der Waals surface area contributed by atoms with E-state index in [4.69, 9.17) is 0 Å². The molecular formula is C9H14O3. The average molecular weight is 170 g/mol. The number of carbonyl (C=O) groups excluding carboxylic acids is 1. The van der Waals surface area contributed by atoms with Crippen molar-refractivity contribution in [3.05, 3.63) is 11.6 Å². The number of hydrogen-bond donors (Lipinski definition) is 2. The Morgan fingerprint density at radius 2 is 1.92 bits per heavy atom. The van der Waals surface area contributed by atoms with Crippen LogP contribution in [0, 0.1) is 0 Å². The number of ketones is 1. The Labute approximate surface area is 71.7 Å². The fourth-order valence-electron chi connectivity index (χ4n) is 1.76. The SMILES string of the molecule is CC1=CC(C)(O)C(=O)C(C)(O)C1. The number of Topliss-reactive ketones (excluding diaryl/α,β-unsaturated/α-hetero) is 1. The van der Waals surface area contributed by atoms with Gasteiger partial charge in [-0.05, 0) is 26.8 Å². The molecule has 0 amide bonds. The lowest BCUT2D eigenvalue weighted by molar-refractivity contribution is -0.151. The first-order chi connectivity index (χ1) is 5.26. The molecule has 0 radical (unpaired) electrons. The first-order valence-electron chi connectivity index (χ1n) is 3.94. The molecule has 3 heteroatoms. The van der Waals surface area contributed by atoms with Gasteiger partial charge in [0.2, 0.25) is 0 Å². The van der Waals surface area contributed by atoms with Gasteiger partial charge in [0.25, 0.3) is 0 Å². The molecule has 68 valence electrons. The monoisotopic (exact) mass is 170 g/mol. The summed E-state index contributed by atoms with van der Waals surface area (Å²) in [5.74, 6) is -0.527. The maximum absolute atomic E-state index is 11.4. The quantitative estimate of drug-likeness (QED) is 0.518.